The van der Waals surface area contributed by atoms with E-state index in [1.165, 1.54) is 12.1 Å². The van der Waals surface area contributed by atoms with Crippen molar-refractivity contribution in [2.75, 3.05) is 26.2 Å². The number of hydrogen-bond acceptors (Lipinski definition) is 4. The summed E-state index contributed by atoms with van der Waals surface area (Å²) in [6.45, 7) is 8.08. The fraction of sp³-hybridized carbons (Fsp3) is 0.417. The van der Waals surface area contributed by atoms with Crippen LogP contribution in [0.25, 0.3) is 0 Å². The van der Waals surface area contributed by atoms with E-state index in [0.29, 0.717) is 44.1 Å². The van der Waals surface area contributed by atoms with Crippen molar-refractivity contribution in [3.8, 4) is 11.5 Å². The molecule has 1 heterocycles. The number of para-hydroxylation sites is 1. The van der Waals surface area contributed by atoms with Crippen molar-refractivity contribution in [3.05, 3.63) is 59.7 Å². The first kappa shape index (κ1) is 21.7. The van der Waals surface area contributed by atoms with Crippen molar-refractivity contribution in [1.82, 2.24) is 9.80 Å². The van der Waals surface area contributed by atoms with Crippen LogP contribution in [0.15, 0.2) is 48.5 Å². The molecule has 6 heteroatoms. The predicted octanol–water partition coefficient (Wildman–Crippen LogP) is 3.66. The summed E-state index contributed by atoms with van der Waals surface area (Å²) in [7, 11) is 0. The molecule has 6 nitrogen and oxygen atoms in total. The molecule has 0 saturated carbocycles. The molecule has 2 amide bonds. The first-order valence-corrected chi connectivity index (χ1v) is 10.5. The van der Waals surface area contributed by atoms with Gasteiger partial charge in [-0.15, -0.1) is 0 Å². The number of carbonyl (C=O) groups excluding carboxylic acids is 2. The van der Waals surface area contributed by atoms with Crippen LogP contribution in [0.1, 0.15) is 49.0 Å². The van der Waals surface area contributed by atoms with Gasteiger partial charge in [-0.25, -0.2) is 0 Å². The quantitative estimate of drug-likeness (QED) is 0.789. The second-order valence-electron chi connectivity index (χ2n) is 7.87. The minimum Gasteiger partial charge on any atom is -0.508 e. The van der Waals surface area contributed by atoms with Gasteiger partial charge in [0, 0.05) is 31.7 Å². The predicted molar refractivity (Wildman–Crippen MR) is 116 cm³/mol. The molecule has 2 aromatic carbocycles. The second-order valence-corrected chi connectivity index (χ2v) is 7.87. The summed E-state index contributed by atoms with van der Waals surface area (Å²) >= 11 is 0. The average molecular weight is 411 g/mol. The highest BCUT2D eigenvalue weighted by molar-refractivity contribution is 5.94. The van der Waals surface area contributed by atoms with E-state index >= 15 is 0 Å². The Morgan fingerprint density at radius 1 is 0.967 bits per heavy atom. The zero-order valence-corrected chi connectivity index (χ0v) is 17.9. The van der Waals surface area contributed by atoms with Gasteiger partial charge in [0.2, 0.25) is 0 Å². The van der Waals surface area contributed by atoms with Crippen LogP contribution >= 0.6 is 0 Å². The van der Waals surface area contributed by atoms with Gasteiger partial charge in [0.05, 0.1) is 0 Å². The van der Waals surface area contributed by atoms with Crippen LogP contribution < -0.4 is 4.74 Å². The first-order valence-electron chi connectivity index (χ1n) is 10.5. The number of ether oxygens (including phenoxy) is 1. The topological polar surface area (TPSA) is 70.1 Å². The summed E-state index contributed by atoms with van der Waals surface area (Å²) in [5.74, 6) is 1.08. The van der Waals surface area contributed by atoms with Crippen LogP contribution in [0, 0.1) is 0 Å². The Labute approximate surface area is 178 Å². The van der Waals surface area contributed by atoms with Crippen molar-refractivity contribution in [2.24, 2.45) is 0 Å². The lowest BCUT2D eigenvalue weighted by molar-refractivity contribution is -0.140. The minimum atomic E-state index is -0.538. The maximum absolute atomic E-state index is 13.1. The Hall–Kier alpha value is -3.02. The smallest absolute Gasteiger partial charge is 0.263 e. The Morgan fingerprint density at radius 3 is 2.17 bits per heavy atom. The van der Waals surface area contributed by atoms with Crippen LogP contribution in [0.4, 0.5) is 0 Å². The van der Waals surface area contributed by atoms with E-state index in [4.69, 9.17) is 4.74 Å². The van der Waals surface area contributed by atoms with E-state index < -0.39 is 6.10 Å². The second kappa shape index (κ2) is 9.65. The molecule has 2 aromatic rings. The Kier molecular flexibility index (Phi) is 6.98. The molecule has 1 unspecified atom stereocenters. The van der Waals surface area contributed by atoms with Gasteiger partial charge in [-0.3, -0.25) is 9.59 Å². The van der Waals surface area contributed by atoms with Gasteiger partial charge in [0.25, 0.3) is 11.8 Å². The first-order chi connectivity index (χ1) is 14.4. The molecular weight excluding hydrogens is 380 g/mol. The zero-order valence-electron chi connectivity index (χ0n) is 17.9. The number of nitrogens with zero attached hydrogens (tertiary/aromatic N) is 2. The van der Waals surface area contributed by atoms with Gasteiger partial charge in [-0.1, -0.05) is 39.0 Å². The highest BCUT2D eigenvalue weighted by atomic mass is 16.5. The number of benzene rings is 2. The van der Waals surface area contributed by atoms with Crippen LogP contribution in [0.2, 0.25) is 0 Å². The van der Waals surface area contributed by atoms with E-state index in [2.05, 4.69) is 13.8 Å². The maximum Gasteiger partial charge on any atom is 0.263 e. The molecule has 3 rings (SSSR count). The third-order valence-electron chi connectivity index (χ3n) is 5.45. The standard InChI is InChI=1S/C24H30N2O4/c1-4-21(30-22-8-6-5-7-20(22)17(2)3)24(29)26-15-13-25(14-16-26)23(28)18-9-11-19(27)12-10-18/h5-12,17,21,27H,4,13-16H2,1-3H3. The van der Waals surface area contributed by atoms with Crippen molar-refractivity contribution < 1.29 is 19.4 Å². The summed E-state index contributed by atoms with van der Waals surface area (Å²) in [5, 5.41) is 9.39. The highest BCUT2D eigenvalue weighted by Gasteiger charge is 2.30. The number of aromatic hydroxyl groups is 1. The number of phenols is 1. The van der Waals surface area contributed by atoms with E-state index in [0.717, 1.165) is 11.3 Å². The van der Waals surface area contributed by atoms with Crippen molar-refractivity contribution >= 4 is 11.8 Å². The van der Waals surface area contributed by atoms with Crippen LogP contribution in [0.5, 0.6) is 11.5 Å². The summed E-state index contributed by atoms with van der Waals surface area (Å²) in [6.07, 6.45) is 0.0435. The van der Waals surface area contributed by atoms with E-state index in [1.807, 2.05) is 31.2 Å². The Morgan fingerprint density at radius 2 is 1.57 bits per heavy atom. The molecule has 1 aliphatic rings. The van der Waals surface area contributed by atoms with E-state index in [9.17, 15) is 14.7 Å². The number of amides is 2. The summed E-state index contributed by atoms with van der Waals surface area (Å²) in [6, 6.07) is 14.1. The lowest BCUT2D eigenvalue weighted by Crippen LogP contribution is -2.53. The molecule has 1 aliphatic heterocycles. The molecule has 0 spiro atoms. The molecule has 1 N–H and O–H groups in total. The Balaban J connectivity index is 1.61. The summed E-state index contributed by atoms with van der Waals surface area (Å²) in [4.78, 5) is 29.2. The van der Waals surface area contributed by atoms with Crippen LogP contribution in [0.3, 0.4) is 0 Å². The van der Waals surface area contributed by atoms with Gasteiger partial charge in [0.15, 0.2) is 6.10 Å². The third-order valence-corrected chi connectivity index (χ3v) is 5.45. The van der Waals surface area contributed by atoms with Crippen molar-refractivity contribution in [2.45, 2.75) is 39.2 Å². The Bertz CT molecular complexity index is 871. The fourth-order valence-corrected chi connectivity index (χ4v) is 3.65. The molecule has 0 radical (unpaired) electrons. The summed E-state index contributed by atoms with van der Waals surface area (Å²) < 4.78 is 6.13. The number of piperazine rings is 1. The SMILES string of the molecule is CCC(Oc1ccccc1C(C)C)C(=O)N1CCN(C(=O)c2ccc(O)cc2)CC1. The number of hydrogen-bond donors (Lipinski definition) is 1. The normalized spacial score (nSPS) is 15.2. The van der Waals surface area contributed by atoms with Gasteiger partial charge in [-0.05, 0) is 48.2 Å². The lowest BCUT2D eigenvalue weighted by Gasteiger charge is -2.36. The van der Waals surface area contributed by atoms with E-state index in [1.54, 1.807) is 21.9 Å². The van der Waals surface area contributed by atoms with Crippen molar-refractivity contribution in [3.63, 3.8) is 0 Å². The monoisotopic (exact) mass is 410 g/mol. The molecular formula is C24H30N2O4. The van der Waals surface area contributed by atoms with Gasteiger partial charge < -0.3 is 19.6 Å². The number of phenolic OH excluding ortho intramolecular Hbond substituents is 1. The highest BCUT2D eigenvalue weighted by Crippen LogP contribution is 2.27. The van der Waals surface area contributed by atoms with Gasteiger partial charge >= 0.3 is 0 Å². The van der Waals surface area contributed by atoms with Gasteiger partial charge in [0.1, 0.15) is 11.5 Å². The molecule has 1 fully saturated rings. The molecule has 160 valence electrons. The fourth-order valence-electron chi connectivity index (χ4n) is 3.65. The molecule has 0 aromatic heterocycles. The summed E-state index contributed by atoms with van der Waals surface area (Å²) in [5.41, 5.74) is 1.63. The maximum atomic E-state index is 13.1. The number of carbonyl (C=O) groups is 2. The van der Waals surface area contributed by atoms with Crippen LogP contribution in [-0.4, -0.2) is 59.0 Å². The van der Waals surface area contributed by atoms with Gasteiger partial charge in [-0.2, -0.15) is 0 Å². The minimum absolute atomic E-state index is 0.0345. The third kappa shape index (κ3) is 4.93. The largest absolute Gasteiger partial charge is 0.508 e. The average Bonchev–Trinajstić information content (AvgIpc) is 2.77. The molecule has 1 atom stereocenters. The molecule has 30 heavy (non-hydrogen) atoms. The van der Waals surface area contributed by atoms with Crippen LogP contribution in [-0.2, 0) is 4.79 Å². The van der Waals surface area contributed by atoms with E-state index in [-0.39, 0.29) is 17.6 Å². The number of rotatable bonds is 6. The molecule has 0 bridgehead atoms. The van der Waals surface area contributed by atoms with Crippen molar-refractivity contribution in [1.29, 1.82) is 0 Å². The molecule has 1 saturated heterocycles. The molecule has 0 aliphatic carbocycles. The lowest BCUT2D eigenvalue weighted by atomic mass is 10.0. The zero-order chi connectivity index (χ0) is 21.7.